The van der Waals surface area contributed by atoms with Crippen LogP contribution in [0.5, 0.6) is 5.75 Å². The molecule has 0 spiro atoms. The predicted molar refractivity (Wildman–Crippen MR) is 162 cm³/mol. The number of hydrogen-bond donors (Lipinski definition) is 1. The van der Waals surface area contributed by atoms with E-state index >= 15 is 4.39 Å². The number of amides is 1. The van der Waals surface area contributed by atoms with Crippen molar-refractivity contribution in [3.05, 3.63) is 64.6 Å². The molecule has 3 heterocycles. The summed E-state index contributed by atoms with van der Waals surface area (Å²) in [7, 11) is 1.83. The van der Waals surface area contributed by atoms with Gasteiger partial charge in [0.05, 0.1) is 30.7 Å². The van der Waals surface area contributed by atoms with Crippen molar-refractivity contribution >= 4 is 34.7 Å². The van der Waals surface area contributed by atoms with E-state index in [1.54, 1.807) is 46.1 Å². The van der Waals surface area contributed by atoms with E-state index in [2.05, 4.69) is 41.0 Å². The summed E-state index contributed by atoms with van der Waals surface area (Å²) in [4.78, 5) is 20.3. The molecule has 8 nitrogen and oxygen atoms in total. The average Bonchev–Trinajstić information content (AvgIpc) is 3.18. The van der Waals surface area contributed by atoms with E-state index in [-0.39, 0.29) is 23.8 Å². The van der Waals surface area contributed by atoms with Crippen molar-refractivity contribution in [2.45, 2.75) is 40.2 Å². The summed E-state index contributed by atoms with van der Waals surface area (Å²) in [6, 6.07) is 9.72. The molecule has 2 aromatic carbocycles. The van der Waals surface area contributed by atoms with Gasteiger partial charge in [-0.3, -0.25) is 9.48 Å². The van der Waals surface area contributed by atoms with E-state index in [1.807, 2.05) is 7.05 Å². The van der Waals surface area contributed by atoms with E-state index in [0.29, 0.717) is 28.4 Å². The van der Waals surface area contributed by atoms with Crippen LogP contribution in [0.3, 0.4) is 0 Å². The molecule has 0 aliphatic carbocycles. The van der Waals surface area contributed by atoms with Gasteiger partial charge in [0, 0.05) is 55.9 Å². The summed E-state index contributed by atoms with van der Waals surface area (Å²) in [6.07, 6.45) is 3.75. The summed E-state index contributed by atoms with van der Waals surface area (Å²) < 4.78 is 22.6. The maximum atomic E-state index is 15.1. The summed E-state index contributed by atoms with van der Waals surface area (Å²) in [5.74, 6) is 0.0720. The van der Waals surface area contributed by atoms with Gasteiger partial charge in [0.15, 0.2) is 11.6 Å². The Bertz CT molecular complexity index is 1380. The van der Waals surface area contributed by atoms with Crippen molar-refractivity contribution < 1.29 is 13.9 Å². The Morgan fingerprint density at radius 2 is 1.80 bits per heavy atom. The number of halogens is 2. The first-order valence-corrected chi connectivity index (χ1v) is 14.7. The number of nitrogens with zero attached hydrogens (tertiary/aromatic N) is 5. The fourth-order valence-corrected chi connectivity index (χ4v) is 5.45. The van der Waals surface area contributed by atoms with Gasteiger partial charge in [-0.15, -0.1) is 0 Å². The lowest BCUT2D eigenvalue weighted by Crippen LogP contribution is -2.47. The highest BCUT2D eigenvalue weighted by Gasteiger charge is 2.28. The lowest BCUT2D eigenvalue weighted by atomic mass is 9.92. The van der Waals surface area contributed by atoms with E-state index < -0.39 is 5.82 Å². The van der Waals surface area contributed by atoms with Crippen molar-refractivity contribution in [1.29, 1.82) is 0 Å². The Kier molecular flexibility index (Phi) is 8.87. The van der Waals surface area contributed by atoms with E-state index in [4.69, 9.17) is 16.3 Å². The second-order valence-electron chi connectivity index (χ2n) is 12.2. The van der Waals surface area contributed by atoms with Crippen LogP contribution in [-0.2, 0) is 13.6 Å². The fraction of sp³-hybridized carbons (Fsp3) is 0.484. The minimum absolute atomic E-state index is 0.160. The summed E-state index contributed by atoms with van der Waals surface area (Å²) in [6.45, 7) is 13.9. The van der Waals surface area contributed by atoms with Gasteiger partial charge >= 0.3 is 0 Å². The van der Waals surface area contributed by atoms with Gasteiger partial charge in [0.2, 0.25) is 0 Å². The molecule has 220 valence electrons. The Labute approximate surface area is 247 Å². The molecule has 1 N–H and O–H groups in total. The number of fused-ring (bicyclic) bond motifs is 2. The Morgan fingerprint density at radius 1 is 1.07 bits per heavy atom. The molecule has 0 atom stereocenters. The van der Waals surface area contributed by atoms with Gasteiger partial charge in [-0.05, 0) is 61.2 Å². The molecule has 0 saturated carbocycles. The number of benzene rings is 2. The van der Waals surface area contributed by atoms with Crippen LogP contribution in [0.1, 0.15) is 49.5 Å². The Balaban J connectivity index is 1.16. The lowest BCUT2D eigenvalue weighted by molar-refractivity contribution is 0.0985. The highest BCUT2D eigenvalue weighted by atomic mass is 35.5. The van der Waals surface area contributed by atoms with Crippen molar-refractivity contribution in [3.8, 4) is 5.75 Å². The third-order valence-corrected chi connectivity index (χ3v) is 8.02. The molecule has 2 aliphatic heterocycles. The molecule has 1 amide bonds. The molecule has 2 aliphatic rings. The minimum atomic E-state index is -0.547. The number of carbonyl (C=O) groups is 1. The van der Waals surface area contributed by atoms with Gasteiger partial charge in [-0.2, -0.15) is 5.10 Å². The van der Waals surface area contributed by atoms with Crippen molar-refractivity contribution in [3.63, 3.8) is 0 Å². The second kappa shape index (κ2) is 12.4. The molecule has 0 unspecified atom stereocenters. The maximum absolute atomic E-state index is 15.1. The molecule has 1 saturated heterocycles. The Hall–Kier alpha value is -3.14. The minimum Gasteiger partial charge on any atom is -0.490 e. The third kappa shape index (κ3) is 7.20. The van der Waals surface area contributed by atoms with Crippen LogP contribution in [0.25, 0.3) is 0 Å². The average molecular weight is 583 g/mol. The number of piperazine rings is 1. The van der Waals surface area contributed by atoms with Crippen molar-refractivity contribution in [1.82, 2.24) is 19.6 Å². The smallest absolute Gasteiger partial charge is 0.258 e. The van der Waals surface area contributed by atoms with Crippen molar-refractivity contribution in [2.75, 3.05) is 56.1 Å². The fourth-order valence-electron chi connectivity index (χ4n) is 5.27. The van der Waals surface area contributed by atoms with Crippen LogP contribution < -0.4 is 15.0 Å². The van der Waals surface area contributed by atoms with Crippen LogP contribution in [0.2, 0.25) is 5.02 Å². The molecule has 0 bridgehead atoms. The van der Waals surface area contributed by atoms with Gasteiger partial charge in [-0.1, -0.05) is 32.4 Å². The molecular weight excluding hydrogens is 543 g/mol. The number of ether oxygens (including phenoxy) is 1. The molecule has 5 rings (SSSR count). The van der Waals surface area contributed by atoms with Crippen LogP contribution in [0, 0.1) is 11.2 Å². The molecule has 3 aromatic rings. The number of aromatic nitrogens is 2. The van der Waals surface area contributed by atoms with Gasteiger partial charge in [0.1, 0.15) is 5.82 Å². The zero-order valence-corrected chi connectivity index (χ0v) is 25.2. The van der Waals surface area contributed by atoms with Crippen LogP contribution in [-0.4, -0.2) is 71.4 Å². The molecule has 0 radical (unpaired) electrons. The molecule has 1 fully saturated rings. The monoisotopic (exact) mass is 582 g/mol. The van der Waals surface area contributed by atoms with Crippen LogP contribution in [0.4, 0.5) is 21.6 Å². The topological polar surface area (TPSA) is 65.9 Å². The molecule has 10 heteroatoms. The third-order valence-electron chi connectivity index (χ3n) is 7.79. The van der Waals surface area contributed by atoms with Gasteiger partial charge in [-0.25, -0.2) is 4.39 Å². The number of rotatable bonds is 8. The number of aryl methyl sites for hydroxylation is 1. The van der Waals surface area contributed by atoms with Gasteiger partial charge < -0.3 is 24.8 Å². The van der Waals surface area contributed by atoms with Crippen LogP contribution in [0.15, 0.2) is 42.6 Å². The number of hydrogen-bond acceptors (Lipinski definition) is 6. The first-order chi connectivity index (χ1) is 19.6. The van der Waals surface area contributed by atoms with Gasteiger partial charge in [0.25, 0.3) is 5.91 Å². The summed E-state index contributed by atoms with van der Waals surface area (Å²) >= 11 is 6.25. The maximum Gasteiger partial charge on any atom is 0.258 e. The van der Waals surface area contributed by atoms with E-state index in [0.717, 1.165) is 57.1 Å². The highest BCUT2D eigenvalue weighted by Crippen LogP contribution is 2.38. The standard InChI is InChI=1S/C31H40ClFN6O2/c1-31(2,3)10-12-38-15-13-37(14-16-38)11-5-17-41-28-9-6-22(18-25(28)33)30(40)39-21-23-20-34-36(4)29(23)35-26-19-24(32)7-8-27(26)39/h6-9,18-20,35H,5,10-17,21H2,1-4H3. The predicted octanol–water partition coefficient (Wildman–Crippen LogP) is 5.94. The van der Waals surface area contributed by atoms with Crippen molar-refractivity contribution in [2.24, 2.45) is 12.5 Å². The molecular formula is C31H40ClFN6O2. The number of nitrogens with one attached hydrogen (secondary N) is 1. The first kappa shape index (κ1) is 29.4. The normalized spacial score (nSPS) is 16.1. The largest absolute Gasteiger partial charge is 0.490 e. The first-order valence-electron chi connectivity index (χ1n) is 14.3. The SMILES string of the molecule is Cn1ncc2c1Nc1cc(Cl)ccc1N(C(=O)c1ccc(OCCCN3CCN(CCC(C)(C)C)CC3)c(F)c1)C2. The highest BCUT2D eigenvalue weighted by molar-refractivity contribution is 6.31. The second-order valence-corrected chi connectivity index (χ2v) is 12.6. The van der Waals surface area contributed by atoms with Crippen LogP contribution >= 0.6 is 11.6 Å². The zero-order valence-electron chi connectivity index (χ0n) is 24.4. The number of anilines is 3. The quantitative estimate of drug-likeness (QED) is 0.332. The summed E-state index contributed by atoms with van der Waals surface area (Å²) in [5.41, 5.74) is 2.79. The molecule has 1 aromatic heterocycles. The zero-order chi connectivity index (χ0) is 29.1. The summed E-state index contributed by atoms with van der Waals surface area (Å²) in [5, 5.41) is 8.19. The lowest BCUT2D eigenvalue weighted by Gasteiger charge is -2.35. The Morgan fingerprint density at radius 3 is 2.51 bits per heavy atom. The molecule has 41 heavy (non-hydrogen) atoms. The van der Waals surface area contributed by atoms with E-state index in [9.17, 15) is 4.79 Å². The van der Waals surface area contributed by atoms with E-state index in [1.165, 1.54) is 12.5 Å². The number of carbonyl (C=O) groups excluding carboxylic acids is 1.